The zero-order valence-corrected chi connectivity index (χ0v) is 12.5. The molecule has 1 aliphatic heterocycles. The second kappa shape index (κ2) is 7.22. The van der Waals surface area contributed by atoms with Gasteiger partial charge in [-0.05, 0) is 36.9 Å². The maximum atomic E-state index is 11.4. The van der Waals surface area contributed by atoms with Crippen molar-refractivity contribution in [2.24, 2.45) is 5.73 Å². The number of nitrogens with zero attached hydrogens (tertiary/aromatic N) is 1. The Balaban J connectivity index is 1.88. The maximum absolute atomic E-state index is 11.4. The van der Waals surface area contributed by atoms with Gasteiger partial charge in [0.05, 0.1) is 0 Å². The van der Waals surface area contributed by atoms with Crippen molar-refractivity contribution >= 4 is 11.9 Å². The smallest absolute Gasteiger partial charge is 0.318 e. The number of imide groups is 1. The number of rotatable bonds is 5. The minimum Gasteiger partial charge on any atom is -0.351 e. The van der Waals surface area contributed by atoms with E-state index in [0.29, 0.717) is 12.5 Å². The van der Waals surface area contributed by atoms with E-state index in [1.54, 1.807) is 0 Å². The molecule has 0 aromatic heterocycles. The number of carbonyl (C=O) groups is 2. The average Bonchev–Trinajstić information content (AvgIpc) is 2.45. The van der Waals surface area contributed by atoms with E-state index < -0.39 is 6.03 Å². The van der Waals surface area contributed by atoms with Crippen LogP contribution in [-0.4, -0.2) is 29.4 Å². The van der Waals surface area contributed by atoms with E-state index >= 15 is 0 Å². The summed E-state index contributed by atoms with van der Waals surface area (Å²) in [7, 11) is 0. The Kier molecular flexibility index (Phi) is 5.33. The molecule has 0 saturated heterocycles. The molecule has 3 amide bonds. The Bertz CT molecular complexity index is 516. The van der Waals surface area contributed by atoms with E-state index in [1.165, 1.54) is 11.1 Å². The molecule has 0 unspecified atom stereocenters. The molecule has 1 aromatic carbocycles. The first-order valence-corrected chi connectivity index (χ1v) is 7.50. The minimum atomic E-state index is -0.779. The molecule has 1 aromatic rings. The van der Waals surface area contributed by atoms with Crippen LogP contribution in [0.15, 0.2) is 24.3 Å². The lowest BCUT2D eigenvalue weighted by Crippen LogP contribution is -2.41. The van der Waals surface area contributed by atoms with Crippen LogP contribution in [0.4, 0.5) is 4.79 Å². The molecule has 0 radical (unpaired) electrons. The van der Waals surface area contributed by atoms with E-state index in [0.717, 1.165) is 32.4 Å². The van der Waals surface area contributed by atoms with Crippen LogP contribution in [0.3, 0.4) is 0 Å². The maximum Gasteiger partial charge on any atom is 0.318 e. The molecule has 1 aliphatic rings. The summed E-state index contributed by atoms with van der Waals surface area (Å²) >= 11 is 0. The summed E-state index contributed by atoms with van der Waals surface area (Å²) < 4.78 is 0. The highest BCUT2D eigenvalue weighted by Gasteiger charge is 2.24. The van der Waals surface area contributed by atoms with Crippen molar-refractivity contribution in [3.05, 3.63) is 35.4 Å². The molecule has 3 N–H and O–H groups in total. The largest absolute Gasteiger partial charge is 0.351 e. The molecule has 0 bridgehead atoms. The SMILES string of the molecule is CC[C@@H]1Cc2ccccc2CN1CCCC(=O)NC(N)=O. The summed E-state index contributed by atoms with van der Waals surface area (Å²) in [5.74, 6) is -0.298. The van der Waals surface area contributed by atoms with Gasteiger partial charge in [0.2, 0.25) is 5.91 Å². The van der Waals surface area contributed by atoms with Gasteiger partial charge in [0.25, 0.3) is 0 Å². The number of primary amides is 1. The first kappa shape index (κ1) is 15.5. The van der Waals surface area contributed by atoms with Crippen LogP contribution in [0.25, 0.3) is 0 Å². The minimum absolute atomic E-state index is 0.298. The third kappa shape index (κ3) is 4.29. The van der Waals surface area contributed by atoms with Crippen LogP contribution in [0.5, 0.6) is 0 Å². The van der Waals surface area contributed by atoms with E-state index in [-0.39, 0.29) is 5.91 Å². The number of urea groups is 1. The van der Waals surface area contributed by atoms with Crippen molar-refractivity contribution in [1.82, 2.24) is 10.2 Å². The van der Waals surface area contributed by atoms with Gasteiger partial charge >= 0.3 is 6.03 Å². The predicted octanol–water partition coefficient (Wildman–Crippen LogP) is 1.80. The number of nitrogens with two attached hydrogens (primary N) is 1. The van der Waals surface area contributed by atoms with Crippen LogP contribution in [-0.2, 0) is 17.8 Å². The first-order valence-electron chi connectivity index (χ1n) is 7.50. The van der Waals surface area contributed by atoms with Crippen molar-refractivity contribution < 1.29 is 9.59 Å². The van der Waals surface area contributed by atoms with Crippen LogP contribution in [0.2, 0.25) is 0 Å². The molecule has 1 heterocycles. The third-order valence-corrected chi connectivity index (χ3v) is 4.05. The fraction of sp³-hybridized carbons (Fsp3) is 0.500. The number of carbonyl (C=O) groups excluding carboxylic acids is 2. The average molecular weight is 289 g/mol. The molecular formula is C16H23N3O2. The zero-order valence-electron chi connectivity index (χ0n) is 12.5. The molecule has 0 saturated carbocycles. The molecule has 21 heavy (non-hydrogen) atoms. The number of hydrogen-bond donors (Lipinski definition) is 2. The quantitative estimate of drug-likeness (QED) is 0.868. The Morgan fingerprint density at radius 2 is 2.05 bits per heavy atom. The Morgan fingerprint density at radius 1 is 1.33 bits per heavy atom. The summed E-state index contributed by atoms with van der Waals surface area (Å²) in [6.07, 6.45) is 3.23. The van der Waals surface area contributed by atoms with E-state index in [2.05, 4.69) is 41.4 Å². The number of amides is 3. The highest BCUT2D eigenvalue weighted by atomic mass is 16.2. The normalized spacial score (nSPS) is 18.0. The molecule has 5 nitrogen and oxygen atoms in total. The van der Waals surface area contributed by atoms with Crippen LogP contribution in [0.1, 0.15) is 37.3 Å². The topological polar surface area (TPSA) is 75.4 Å². The van der Waals surface area contributed by atoms with Gasteiger partial charge in [-0.2, -0.15) is 0 Å². The molecule has 0 fully saturated rings. The van der Waals surface area contributed by atoms with E-state index in [9.17, 15) is 9.59 Å². The number of nitrogens with one attached hydrogen (secondary N) is 1. The Morgan fingerprint density at radius 3 is 2.71 bits per heavy atom. The summed E-state index contributed by atoms with van der Waals surface area (Å²) in [5, 5.41) is 2.10. The molecule has 1 atom stereocenters. The molecule has 0 spiro atoms. The van der Waals surface area contributed by atoms with Gasteiger partial charge in [-0.3, -0.25) is 15.0 Å². The highest BCUT2D eigenvalue weighted by molar-refractivity contribution is 5.93. The van der Waals surface area contributed by atoms with Crippen LogP contribution >= 0.6 is 0 Å². The second-order valence-electron chi connectivity index (χ2n) is 5.52. The van der Waals surface area contributed by atoms with Crippen molar-refractivity contribution in [2.45, 2.75) is 45.2 Å². The summed E-state index contributed by atoms with van der Waals surface area (Å²) in [4.78, 5) is 24.4. The molecule has 2 rings (SSSR count). The lowest BCUT2D eigenvalue weighted by molar-refractivity contribution is -0.120. The second-order valence-corrected chi connectivity index (χ2v) is 5.52. The van der Waals surface area contributed by atoms with Gasteiger partial charge in [-0.25, -0.2) is 4.79 Å². The Hall–Kier alpha value is -1.88. The van der Waals surface area contributed by atoms with Crippen molar-refractivity contribution in [3.8, 4) is 0 Å². The number of hydrogen-bond acceptors (Lipinski definition) is 3. The van der Waals surface area contributed by atoms with Gasteiger partial charge < -0.3 is 5.73 Å². The van der Waals surface area contributed by atoms with Gasteiger partial charge in [0, 0.05) is 19.0 Å². The summed E-state index contributed by atoms with van der Waals surface area (Å²) in [6.45, 7) is 4.00. The zero-order chi connectivity index (χ0) is 15.2. The third-order valence-electron chi connectivity index (χ3n) is 4.05. The number of benzene rings is 1. The van der Waals surface area contributed by atoms with E-state index in [1.807, 2.05) is 0 Å². The molecule has 114 valence electrons. The van der Waals surface area contributed by atoms with Gasteiger partial charge in [-0.1, -0.05) is 31.2 Å². The van der Waals surface area contributed by atoms with Gasteiger partial charge in [0.1, 0.15) is 0 Å². The fourth-order valence-electron chi connectivity index (χ4n) is 2.95. The van der Waals surface area contributed by atoms with Gasteiger partial charge in [-0.15, -0.1) is 0 Å². The lowest BCUT2D eigenvalue weighted by atomic mass is 9.92. The van der Waals surface area contributed by atoms with Crippen molar-refractivity contribution in [2.75, 3.05) is 6.54 Å². The lowest BCUT2D eigenvalue weighted by Gasteiger charge is -2.36. The number of fused-ring (bicyclic) bond motifs is 1. The van der Waals surface area contributed by atoms with Crippen LogP contribution in [0, 0.1) is 0 Å². The highest BCUT2D eigenvalue weighted by Crippen LogP contribution is 2.25. The summed E-state index contributed by atoms with van der Waals surface area (Å²) in [6, 6.07) is 8.29. The Labute approximate surface area is 125 Å². The first-order chi connectivity index (χ1) is 10.1. The summed E-state index contributed by atoms with van der Waals surface area (Å²) in [5.41, 5.74) is 7.74. The molecule has 5 heteroatoms. The predicted molar refractivity (Wildman–Crippen MR) is 81.6 cm³/mol. The standard InChI is InChI=1S/C16H23N3O2/c1-2-14-10-12-6-3-4-7-13(12)11-19(14)9-5-8-15(20)18-16(17)21/h3-4,6-7,14H,2,5,8-11H2,1H3,(H3,17,18,20,21)/t14-/m1/s1. The molecule has 0 aliphatic carbocycles. The van der Waals surface area contributed by atoms with Crippen molar-refractivity contribution in [3.63, 3.8) is 0 Å². The fourth-order valence-corrected chi connectivity index (χ4v) is 2.95. The van der Waals surface area contributed by atoms with Crippen LogP contribution < -0.4 is 11.1 Å². The van der Waals surface area contributed by atoms with Crippen molar-refractivity contribution in [1.29, 1.82) is 0 Å². The van der Waals surface area contributed by atoms with Gasteiger partial charge in [0.15, 0.2) is 0 Å². The van der Waals surface area contributed by atoms with E-state index in [4.69, 9.17) is 5.73 Å². The monoisotopic (exact) mass is 289 g/mol. The molecular weight excluding hydrogens is 266 g/mol.